The van der Waals surface area contributed by atoms with Crippen LogP contribution in [-0.2, 0) is 31.5 Å². The summed E-state index contributed by atoms with van der Waals surface area (Å²) in [4.78, 5) is 27.4. The van der Waals surface area contributed by atoms with Crippen LogP contribution in [0.2, 0.25) is 0 Å². The maximum Gasteiger partial charge on any atom is 0.329 e. The van der Waals surface area contributed by atoms with Gasteiger partial charge in [0.05, 0.1) is 17.6 Å². The van der Waals surface area contributed by atoms with Gasteiger partial charge in [0, 0.05) is 39.1 Å². The fourth-order valence-corrected chi connectivity index (χ4v) is 4.55. The lowest BCUT2D eigenvalue weighted by Crippen LogP contribution is -2.41. The first-order valence-electron chi connectivity index (χ1n) is 10.2. The van der Waals surface area contributed by atoms with Gasteiger partial charge in [-0.05, 0) is 25.0 Å². The van der Waals surface area contributed by atoms with Crippen LogP contribution in [0, 0.1) is 0 Å². The van der Waals surface area contributed by atoms with Crippen molar-refractivity contribution in [2.75, 3.05) is 19.6 Å². The number of nitrogens with zero attached hydrogens (tertiary/aromatic N) is 6. The van der Waals surface area contributed by atoms with E-state index < -0.39 is 0 Å². The third-order valence-corrected chi connectivity index (χ3v) is 6.21. The molecule has 0 aliphatic carbocycles. The van der Waals surface area contributed by atoms with Gasteiger partial charge in [0.2, 0.25) is 5.91 Å². The zero-order valence-electron chi connectivity index (χ0n) is 16.5. The van der Waals surface area contributed by atoms with E-state index in [2.05, 4.69) is 20.1 Å². The highest BCUT2D eigenvalue weighted by Crippen LogP contribution is 2.28. The number of carbonyl (C=O) groups is 1. The number of fused-ring (bicyclic) bond motifs is 2. The third kappa shape index (κ3) is 3.05. The fourth-order valence-electron chi connectivity index (χ4n) is 4.55. The van der Waals surface area contributed by atoms with E-state index in [9.17, 15) is 9.59 Å². The highest BCUT2D eigenvalue weighted by Gasteiger charge is 2.29. The molecule has 152 valence electrons. The van der Waals surface area contributed by atoms with Gasteiger partial charge in [-0.15, -0.1) is 10.2 Å². The molecule has 4 heterocycles. The molecule has 1 aromatic carbocycles. The number of benzene rings is 1. The Bertz CT molecular complexity index is 1120. The first kappa shape index (κ1) is 18.1. The minimum atomic E-state index is -0.155. The molecule has 0 bridgehead atoms. The second-order valence-corrected chi connectivity index (χ2v) is 7.87. The Labute approximate surface area is 167 Å². The molecule has 3 aromatic rings. The van der Waals surface area contributed by atoms with E-state index in [-0.39, 0.29) is 18.1 Å². The summed E-state index contributed by atoms with van der Waals surface area (Å²) in [5, 5.41) is 12.1. The van der Waals surface area contributed by atoms with Crippen molar-refractivity contribution in [1.29, 1.82) is 0 Å². The summed E-state index contributed by atoms with van der Waals surface area (Å²) < 4.78 is 5.40. The molecule has 0 saturated carbocycles. The topological polar surface area (TPSA) is 90.0 Å². The zero-order chi connectivity index (χ0) is 20.0. The third-order valence-electron chi connectivity index (χ3n) is 6.21. The summed E-state index contributed by atoms with van der Waals surface area (Å²) >= 11 is 0. The van der Waals surface area contributed by atoms with Gasteiger partial charge in [-0.25, -0.2) is 4.79 Å². The molecule has 29 heavy (non-hydrogen) atoms. The standard InChI is InChI=1S/C20H25N7O2/c1-24-15-4-2-3-5-16(15)27(20(24)29)13-18(28)25-9-6-14(7-10-25)19-23-22-17-12-21-8-11-26(17)19/h2-5,14,21H,6-13H2,1H3. The van der Waals surface area contributed by atoms with Crippen molar-refractivity contribution in [2.24, 2.45) is 7.05 Å². The van der Waals surface area contributed by atoms with E-state index in [0.29, 0.717) is 19.0 Å². The molecule has 1 amide bonds. The highest BCUT2D eigenvalue weighted by atomic mass is 16.2. The average molecular weight is 395 g/mol. The highest BCUT2D eigenvalue weighted by molar-refractivity contribution is 5.81. The molecule has 2 aliphatic heterocycles. The molecule has 0 spiro atoms. The van der Waals surface area contributed by atoms with Gasteiger partial charge in [-0.3, -0.25) is 13.9 Å². The van der Waals surface area contributed by atoms with Crippen LogP contribution in [0.5, 0.6) is 0 Å². The van der Waals surface area contributed by atoms with Crippen LogP contribution in [0.1, 0.15) is 30.4 Å². The maximum absolute atomic E-state index is 12.9. The Morgan fingerprint density at radius 1 is 1.14 bits per heavy atom. The van der Waals surface area contributed by atoms with Crippen molar-refractivity contribution in [3.63, 3.8) is 0 Å². The fraction of sp³-hybridized carbons (Fsp3) is 0.500. The Balaban J connectivity index is 1.28. The van der Waals surface area contributed by atoms with Crippen LogP contribution in [0.15, 0.2) is 29.1 Å². The van der Waals surface area contributed by atoms with Crippen LogP contribution in [0.3, 0.4) is 0 Å². The molecule has 2 aromatic heterocycles. The number of hydrogen-bond donors (Lipinski definition) is 1. The smallest absolute Gasteiger partial charge is 0.329 e. The lowest BCUT2D eigenvalue weighted by atomic mass is 9.95. The Morgan fingerprint density at radius 2 is 1.90 bits per heavy atom. The van der Waals surface area contributed by atoms with E-state index in [1.807, 2.05) is 29.2 Å². The van der Waals surface area contributed by atoms with Crippen molar-refractivity contribution in [3.8, 4) is 0 Å². The van der Waals surface area contributed by atoms with Crippen LogP contribution < -0.4 is 11.0 Å². The van der Waals surface area contributed by atoms with E-state index >= 15 is 0 Å². The summed E-state index contributed by atoms with van der Waals surface area (Å²) in [6, 6.07) is 7.58. The van der Waals surface area contributed by atoms with Gasteiger partial charge >= 0.3 is 5.69 Å². The number of piperidine rings is 1. The molecule has 0 atom stereocenters. The van der Waals surface area contributed by atoms with Crippen LogP contribution in [0.4, 0.5) is 0 Å². The number of amides is 1. The number of likely N-dealkylation sites (tertiary alicyclic amines) is 1. The molecule has 1 fully saturated rings. The maximum atomic E-state index is 12.9. The van der Waals surface area contributed by atoms with E-state index in [4.69, 9.17) is 0 Å². The van der Waals surface area contributed by atoms with Gasteiger partial charge in [0.1, 0.15) is 18.2 Å². The number of carbonyl (C=O) groups excluding carboxylic acids is 1. The first-order chi connectivity index (χ1) is 14.1. The molecule has 1 saturated heterocycles. The minimum absolute atomic E-state index is 0.00521. The molecule has 0 unspecified atom stereocenters. The van der Waals surface area contributed by atoms with Crippen molar-refractivity contribution >= 4 is 16.9 Å². The SMILES string of the molecule is Cn1c(=O)n(CC(=O)N2CCC(c3nnc4n3CCNC4)CC2)c2ccccc21. The van der Waals surface area contributed by atoms with Crippen molar-refractivity contribution in [3.05, 3.63) is 46.4 Å². The molecule has 1 N–H and O–H groups in total. The summed E-state index contributed by atoms with van der Waals surface area (Å²) in [5.41, 5.74) is 1.49. The molecular formula is C20H25N7O2. The Kier molecular flexibility index (Phi) is 4.46. The van der Waals surface area contributed by atoms with Crippen LogP contribution in [0.25, 0.3) is 11.0 Å². The number of nitrogens with one attached hydrogen (secondary N) is 1. The zero-order valence-corrected chi connectivity index (χ0v) is 16.5. The quantitative estimate of drug-likeness (QED) is 0.695. The summed E-state index contributed by atoms with van der Waals surface area (Å²) in [7, 11) is 1.74. The molecule has 5 rings (SSSR count). The van der Waals surface area contributed by atoms with Gasteiger partial charge in [-0.2, -0.15) is 0 Å². The number of hydrogen-bond acceptors (Lipinski definition) is 5. The molecule has 2 aliphatic rings. The molecule has 9 nitrogen and oxygen atoms in total. The van der Waals surface area contributed by atoms with Crippen molar-refractivity contribution in [2.45, 2.75) is 38.4 Å². The number of aryl methyl sites for hydroxylation is 1. The summed E-state index contributed by atoms with van der Waals surface area (Å²) in [6.45, 7) is 4.06. The van der Waals surface area contributed by atoms with Gasteiger partial charge in [0.25, 0.3) is 0 Å². The predicted molar refractivity (Wildman–Crippen MR) is 107 cm³/mol. The normalized spacial score (nSPS) is 17.6. The molecule has 9 heteroatoms. The lowest BCUT2D eigenvalue weighted by Gasteiger charge is -2.32. The van der Waals surface area contributed by atoms with E-state index in [1.165, 1.54) is 0 Å². The predicted octanol–water partition coefficient (Wildman–Crippen LogP) is 0.441. The second kappa shape index (κ2) is 7.14. The van der Waals surface area contributed by atoms with E-state index in [1.54, 1.807) is 16.2 Å². The minimum Gasteiger partial charge on any atom is -0.341 e. The van der Waals surface area contributed by atoms with Crippen molar-refractivity contribution < 1.29 is 4.79 Å². The monoisotopic (exact) mass is 395 g/mol. The van der Waals surface area contributed by atoms with Crippen LogP contribution >= 0.6 is 0 Å². The summed E-state index contributed by atoms with van der Waals surface area (Å²) in [5.74, 6) is 2.38. The van der Waals surface area contributed by atoms with Crippen molar-refractivity contribution in [1.82, 2.24) is 34.1 Å². The largest absolute Gasteiger partial charge is 0.341 e. The van der Waals surface area contributed by atoms with Crippen LogP contribution in [-0.4, -0.2) is 54.3 Å². The van der Waals surface area contributed by atoms with E-state index in [0.717, 1.165) is 55.2 Å². The summed E-state index contributed by atoms with van der Waals surface area (Å²) in [6.07, 6.45) is 1.75. The number of para-hydroxylation sites is 2. The Morgan fingerprint density at radius 3 is 2.69 bits per heavy atom. The molecular weight excluding hydrogens is 370 g/mol. The van der Waals surface area contributed by atoms with Gasteiger partial charge in [-0.1, -0.05) is 12.1 Å². The Hall–Kier alpha value is -2.94. The lowest BCUT2D eigenvalue weighted by molar-refractivity contribution is -0.132. The number of imidazole rings is 1. The second-order valence-electron chi connectivity index (χ2n) is 7.87. The first-order valence-corrected chi connectivity index (χ1v) is 10.2. The number of aromatic nitrogens is 5. The van der Waals surface area contributed by atoms with Gasteiger partial charge < -0.3 is 14.8 Å². The van der Waals surface area contributed by atoms with Gasteiger partial charge in [0.15, 0.2) is 0 Å². The average Bonchev–Trinajstić information content (AvgIpc) is 3.29. The number of rotatable bonds is 3. The molecule has 0 radical (unpaired) electrons.